The zero-order valence-corrected chi connectivity index (χ0v) is 15.2. The molecule has 3 fully saturated rings. The number of hydrogen-bond donors (Lipinski definition) is 0. The van der Waals surface area contributed by atoms with Gasteiger partial charge < -0.3 is 0 Å². The highest BCUT2D eigenvalue weighted by molar-refractivity contribution is 9.10. The minimum atomic E-state index is -0.130. The maximum Gasteiger partial charge on any atom is 0.238 e. The summed E-state index contributed by atoms with van der Waals surface area (Å²) >= 11 is 3.48. The van der Waals surface area contributed by atoms with E-state index in [9.17, 15) is 9.59 Å². The fourth-order valence-corrected chi connectivity index (χ4v) is 5.26. The number of nitrogens with zero attached hydrogens (tertiary/aromatic N) is 1. The summed E-state index contributed by atoms with van der Waals surface area (Å²) < 4.78 is 0.993. The molecule has 3 aliphatic rings. The lowest BCUT2D eigenvalue weighted by molar-refractivity contribution is -0.123. The molecule has 4 rings (SSSR count). The number of imide groups is 1. The molecule has 0 radical (unpaired) electrons. The molecular weight excluding hydrogens is 354 g/mol. The summed E-state index contributed by atoms with van der Waals surface area (Å²) in [7, 11) is 0. The third kappa shape index (κ3) is 1.94. The number of carbonyl (C=O) groups is 2. The van der Waals surface area contributed by atoms with Crippen molar-refractivity contribution in [1.82, 2.24) is 0 Å². The van der Waals surface area contributed by atoms with Crippen LogP contribution in [0, 0.1) is 30.6 Å². The molecule has 4 heteroatoms. The number of benzene rings is 1. The van der Waals surface area contributed by atoms with Crippen LogP contribution in [0.15, 0.2) is 33.8 Å². The molecule has 0 N–H and O–H groups in total. The zero-order chi connectivity index (χ0) is 16.5. The summed E-state index contributed by atoms with van der Waals surface area (Å²) in [4.78, 5) is 27.5. The number of allylic oxidation sites excluding steroid dienone is 2. The average Bonchev–Trinajstić information content (AvgIpc) is 3.13. The van der Waals surface area contributed by atoms with Gasteiger partial charge in [0.15, 0.2) is 0 Å². The van der Waals surface area contributed by atoms with Gasteiger partial charge in [0.25, 0.3) is 0 Å². The zero-order valence-electron chi connectivity index (χ0n) is 13.6. The number of halogens is 1. The Balaban J connectivity index is 1.76. The molecule has 0 spiro atoms. The Morgan fingerprint density at radius 1 is 1.09 bits per heavy atom. The summed E-state index contributed by atoms with van der Waals surface area (Å²) in [5, 5.41) is 0. The molecule has 1 heterocycles. The Hall–Kier alpha value is -1.42. The number of carbonyl (C=O) groups excluding carboxylic acids is 2. The van der Waals surface area contributed by atoms with Crippen LogP contribution >= 0.6 is 15.9 Å². The highest BCUT2D eigenvalue weighted by Crippen LogP contribution is 2.60. The summed E-state index contributed by atoms with van der Waals surface area (Å²) in [5.41, 5.74) is 4.45. The molecule has 0 unspecified atom stereocenters. The van der Waals surface area contributed by atoms with Crippen molar-refractivity contribution in [2.75, 3.05) is 4.90 Å². The van der Waals surface area contributed by atoms with E-state index in [1.807, 2.05) is 25.1 Å². The van der Waals surface area contributed by atoms with Crippen molar-refractivity contribution < 1.29 is 9.59 Å². The van der Waals surface area contributed by atoms with Crippen molar-refractivity contribution in [2.24, 2.45) is 23.7 Å². The lowest BCUT2D eigenvalue weighted by Gasteiger charge is -2.19. The second-order valence-electron chi connectivity index (χ2n) is 7.24. The van der Waals surface area contributed by atoms with Gasteiger partial charge in [-0.15, -0.1) is 0 Å². The standard InChI is InChI=1S/C19H20BrNO2/c1-9(2)15-12-5-6-13(15)17-16(12)18(22)21(19(17)23)11-4-7-14(20)10(3)8-11/h4,7-8,12-13,16-17H,5-6H2,1-3H3/t12-,13+,16-,17+. The molecule has 1 aromatic carbocycles. The molecule has 4 atom stereocenters. The van der Waals surface area contributed by atoms with Crippen molar-refractivity contribution in [3.05, 3.63) is 39.4 Å². The third-order valence-electron chi connectivity index (χ3n) is 5.83. The molecule has 2 saturated carbocycles. The largest absolute Gasteiger partial charge is 0.274 e. The molecule has 2 bridgehead atoms. The van der Waals surface area contributed by atoms with E-state index < -0.39 is 0 Å². The van der Waals surface area contributed by atoms with Gasteiger partial charge in [-0.25, -0.2) is 0 Å². The first-order valence-corrected chi connectivity index (χ1v) is 9.02. The third-order valence-corrected chi connectivity index (χ3v) is 6.72. The fraction of sp³-hybridized carbons (Fsp3) is 0.474. The van der Waals surface area contributed by atoms with Crippen molar-refractivity contribution in [2.45, 2.75) is 33.6 Å². The van der Waals surface area contributed by atoms with Crippen LogP contribution in [-0.2, 0) is 9.59 Å². The monoisotopic (exact) mass is 373 g/mol. The van der Waals surface area contributed by atoms with Gasteiger partial charge in [-0.1, -0.05) is 27.1 Å². The Bertz CT molecular complexity index is 731. The lowest BCUT2D eigenvalue weighted by atomic mass is 9.81. The van der Waals surface area contributed by atoms with E-state index in [-0.39, 0.29) is 35.5 Å². The van der Waals surface area contributed by atoms with Crippen LogP contribution < -0.4 is 4.90 Å². The maximum absolute atomic E-state index is 13.0. The summed E-state index contributed by atoms with van der Waals surface area (Å²) in [6, 6.07) is 5.69. The minimum Gasteiger partial charge on any atom is -0.274 e. The Morgan fingerprint density at radius 3 is 2.13 bits per heavy atom. The molecule has 1 aromatic rings. The molecule has 2 aliphatic carbocycles. The van der Waals surface area contributed by atoms with Crippen LogP contribution in [0.3, 0.4) is 0 Å². The van der Waals surface area contributed by atoms with Crippen LogP contribution in [0.25, 0.3) is 0 Å². The highest BCUT2D eigenvalue weighted by Gasteiger charge is 2.63. The first-order chi connectivity index (χ1) is 10.9. The molecule has 1 saturated heterocycles. The molecule has 23 heavy (non-hydrogen) atoms. The van der Waals surface area contributed by atoms with E-state index in [1.165, 1.54) is 16.0 Å². The van der Waals surface area contributed by atoms with E-state index in [4.69, 9.17) is 0 Å². The van der Waals surface area contributed by atoms with Gasteiger partial charge in [0, 0.05) is 4.47 Å². The number of aryl methyl sites for hydroxylation is 1. The number of anilines is 1. The lowest BCUT2D eigenvalue weighted by Crippen LogP contribution is -2.33. The topological polar surface area (TPSA) is 37.4 Å². The average molecular weight is 374 g/mol. The van der Waals surface area contributed by atoms with Crippen LogP contribution in [-0.4, -0.2) is 11.8 Å². The Labute approximate surface area is 144 Å². The second-order valence-corrected chi connectivity index (χ2v) is 8.10. The minimum absolute atomic E-state index is 0.00710. The Kier molecular flexibility index (Phi) is 3.31. The van der Waals surface area contributed by atoms with Crippen molar-refractivity contribution in [3.63, 3.8) is 0 Å². The molecule has 1 aliphatic heterocycles. The SMILES string of the molecule is CC(C)=C1[C@H]2CC[C@@H]1[C@@H]1C(=O)N(c3ccc(Br)c(C)c3)C(=O)[C@@H]12. The van der Waals surface area contributed by atoms with Crippen LogP contribution in [0.5, 0.6) is 0 Å². The number of fused-ring (bicyclic) bond motifs is 5. The maximum atomic E-state index is 13.0. The fourth-order valence-electron chi connectivity index (χ4n) is 5.01. The molecule has 3 nitrogen and oxygen atoms in total. The normalized spacial score (nSPS) is 32.0. The van der Waals surface area contributed by atoms with Gasteiger partial charge >= 0.3 is 0 Å². The first kappa shape index (κ1) is 15.1. The number of hydrogen-bond acceptors (Lipinski definition) is 2. The van der Waals surface area contributed by atoms with Crippen LogP contribution in [0.1, 0.15) is 32.3 Å². The van der Waals surface area contributed by atoms with E-state index in [1.54, 1.807) is 0 Å². The highest BCUT2D eigenvalue weighted by atomic mass is 79.9. The quantitative estimate of drug-likeness (QED) is 0.545. The van der Waals surface area contributed by atoms with Gasteiger partial charge in [0.05, 0.1) is 17.5 Å². The van der Waals surface area contributed by atoms with E-state index in [2.05, 4.69) is 29.8 Å². The predicted octanol–water partition coefficient (Wildman–Crippen LogP) is 4.24. The Morgan fingerprint density at radius 2 is 1.65 bits per heavy atom. The molecule has 0 aromatic heterocycles. The van der Waals surface area contributed by atoms with Crippen molar-refractivity contribution in [1.29, 1.82) is 0 Å². The van der Waals surface area contributed by atoms with Gasteiger partial charge in [-0.3, -0.25) is 14.5 Å². The smallest absolute Gasteiger partial charge is 0.238 e. The summed E-state index contributed by atoms with van der Waals surface area (Å²) in [6.45, 7) is 6.21. The van der Waals surface area contributed by atoms with Crippen LogP contribution in [0.4, 0.5) is 5.69 Å². The number of amides is 2. The van der Waals surface area contributed by atoms with Crippen molar-refractivity contribution in [3.8, 4) is 0 Å². The summed E-state index contributed by atoms with van der Waals surface area (Å²) in [6.07, 6.45) is 2.11. The van der Waals surface area contributed by atoms with Crippen LogP contribution in [0.2, 0.25) is 0 Å². The first-order valence-electron chi connectivity index (χ1n) is 8.23. The summed E-state index contributed by atoms with van der Waals surface area (Å²) in [5.74, 6) is 0.326. The van der Waals surface area contributed by atoms with E-state index in [0.717, 1.165) is 22.9 Å². The second kappa shape index (κ2) is 5.04. The van der Waals surface area contributed by atoms with Gasteiger partial charge in [0.2, 0.25) is 11.8 Å². The molecule has 120 valence electrons. The number of rotatable bonds is 1. The van der Waals surface area contributed by atoms with E-state index in [0.29, 0.717) is 5.69 Å². The van der Waals surface area contributed by atoms with E-state index >= 15 is 0 Å². The van der Waals surface area contributed by atoms with Crippen molar-refractivity contribution >= 4 is 33.4 Å². The predicted molar refractivity (Wildman–Crippen MR) is 92.9 cm³/mol. The van der Waals surface area contributed by atoms with Gasteiger partial charge in [-0.05, 0) is 69.2 Å². The molecular formula is C19H20BrNO2. The van der Waals surface area contributed by atoms with Gasteiger partial charge in [0.1, 0.15) is 0 Å². The van der Waals surface area contributed by atoms with Gasteiger partial charge in [-0.2, -0.15) is 0 Å². The molecule has 2 amide bonds.